The maximum atomic E-state index is 8.78. The van der Waals surface area contributed by atoms with Gasteiger partial charge in [-0.2, -0.15) is 5.26 Å². The van der Waals surface area contributed by atoms with Crippen molar-refractivity contribution in [2.75, 3.05) is 11.9 Å². The second-order valence-electron chi connectivity index (χ2n) is 3.26. The molecule has 0 aromatic heterocycles. The molecule has 0 radical (unpaired) electrons. The van der Waals surface area contributed by atoms with E-state index in [0.29, 0.717) is 0 Å². The van der Waals surface area contributed by atoms with Crippen molar-refractivity contribution >= 4 is 5.69 Å². The third kappa shape index (κ3) is 2.50. The Balaban J connectivity index is 2.98. The van der Waals surface area contributed by atoms with E-state index in [-0.39, 0.29) is 0 Å². The fraction of sp³-hybridized carbons (Fsp3) is 0.417. The summed E-state index contributed by atoms with van der Waals surface area (Å²) in [7, 11) is 0. The standard InChI is InChI=1S/C12H16N2/c1-3-5-11-8-10(9-13)6-7-12(11)14-4-2/h6-8,14H,3-5H2,1-2H3. The molecule has 1 N–H and O–H groups in total. The van der Waals surface area contributed by atoms with E-state index in [1.54, 1.807) is 0 Å². The van der Waals surface area contributed by atoms with Crippen molar-refractivity contribution in [3.8, 4) is 6.07 Å². The zero-order chi connectivity index (χ0) is 10.4. The third-order valence-electron chi connectivity index (χ3n) is 2.12. The monoisotopic (exact) mass is 188 g/mol. The van der Waals surface area contributed by atoms with Crippen LogP contribution in [0.4, 0.5) is 5.69 Å². The molecule has 0 amide bonds. The molecule has 2 heteroatoms. The van der Waals surface area contributed by atoms with Gasteiger partial charge in [-0.25, -0.2) is 0 Å². The Bertz CT molecular complexity index is 337. The number of hydrogen-bond acceptors (Lipinski definition) is 2. The van der Waals surface area contributed by atoms with E-state index < -0.39 is 0 Å². The number of nitriles is 1. The smallest absolute Gasteiger partial charge is 0.0991 e. The lowest BCUT2D eigenvalue weighted by molar-refractivity contribution is 0.920. The van der Waals surface area contributed by atoms with Crippen molar-refractivity contribution in [3.63, 3.8) is 0 Å². The van der Waals surface area contributed by atoms with Crippen LogP contribution in [0.1, 0.15) is 31.4 Å². The Kier molecular flexibility index (Phi) is 4.00. The van der Waals surface area contributed by atoms with Crippen molar-refractivity contribution < 1.29 is 0 Å². The number of rotatable bonds is 4. The van der Waals surface area contributed by atoms with Crippen LogP contribution in [0.15, 0.2) is 18.2 Å². The number of nitrogens with one attached hydrogen (secondary N) is 1. The average molecular weight is 188 g/mol. The minimum atomic E-state index is 0.745. The van der Waals surface area contributed by atoms with Gasteiger partial charge in [0.2, 0.25) is 0 Å². The minimum Gasteiger partial charge on any atom is -0.385 e. The second-order valence-corrected chi connectivity index (χ2v) is 3.26. The zero-order valence-corrected chi connectivity index (χ0v) is 8.80. The highest BCUT2D eigenvalue weighted by atomic mass is 14.9. The highest BCUT2D eigenvalue weighted by molar-refractivity contribution is 5.54. The van der Waals surface area contributed by atoms with Crippen LogP contribution in [0.5, 0.6) is 0 Å². The van der Waals surface area contributed by atoms with E-state index in [1.807, 2.05) is 18.2 Å². The largest absolute Gasteiger partial charge is 0.385 e. The summed E-state index contributed by atoms with van der Waals surface area (Å²) < 4.78 is 0. The van der Waals surface area contributed by atoms with Gasteiger partial charge in [0.05, 0.1) is 11.6 Å². The third-order valence-corrected chi connectivity index (χ3v) is 2.12. The van der Waals surface area contributed by atoms with Crippen molar-refractivity contribution in [2.24, 2.45) is 0 Å². The van der Waals surface area contributed by atoms with Gasteiger partial charge in [-0.15, -0.1) is 0 Å². The molecule has 0 aliphatic carbocycles. The molecule has 1 aromatic rings. The van der Waals surface area contributed by atoms with Crippen LogP contribution in [0.3, 0.4) is 0 Å². The molecule has 0 heterocycles. The molecular formula is C12H16N2. The van der Waals surface area contributed by atoms with Gasteiger partial charge >= 0.3 is 0 Å². The first-order valence-corrected chi connectivity index (χ1v) is 5.08. The maximum Gasteiger partial charge on any atom is 0.0991 e. The number of benzene rings is 1. The second kappa shape index (κ2) is 5.29. The predicted octanol–water partition coefficient (Wildman–Crippen LogP) is 2.94. The molecule has 14 heavy (non-hydrogen) atoms. The van der Waals surface area contributed by atoms with Crippen LogP contribution < -0.4 is 5.32 Å². The van der Waals surface area contributed by atoms with Gasteiger partial charge in [0.15, 0.2) is 0 Å². The van der Waals surface area contributed by atoms with Gasteiger partial charge in [-0.3, -0.25) is 0 Å². The first-order chi connectivity index (χ1) is 6.81. The Morgan fingerprint density at radius 3 is 2.71 bits per heavy atom. The summed E-state index contributed by atoms with van der Waals surface area (Å²) in [5.41, 5.74) is 3.15. The van der Waals surface area contributed by atoms with E-state index in [9.17, 15) is 0 Å². The van der Waals surface area contributed by atoms with Crippen LogP contribution in [-0.2, 0) is 6.42 Å². The van der Waals surface area contributed by atoms with Crippen LogP contribution >= 0.6 is 0 Å². The number of anilines is 1. The first-order valence-electron chi connectivity index (χ1n) is 5.08. The first kappa shape index (κ1) is 10.6. The molecule has 0 saturated carbocycles. The summed E-state index contributed by atoms with van der Waals surface area (Å²) >= 11 is 0. The van der Waals surface area contributed by atoms with E-state index in [0.717, 1.165) is 30.6 Å². The molecule has 0 aliphatic rings. The highest BCUT2D eigenvalue weighted by Crippen LogP contribution is 2.18. The molecule has 0 atom stereocenters. The fourth-order valence-corrected chi connectivity index (χ4v) is 1.50. The van der Waals surface area contributed by atoms with E-state index >= 15 is 0 Å². The lowest BCUT2D eigenvalue weighted by atomic mass is 10.0. The highest BCUT2D eigenvalue weighted by Gasteiger charge is 2.01. The summed E-state index contributed by atoms with van der Waals surface area (Å²) in [5, 5.41) is 12.1. The Morgan fingerprint density at radius 2 is 2.14 bits per heavy atom. The summed E-state index contributed by atoms with van der Waals surface area (Å²) in [4.78, 5) is 0. The lowest BCUT2D eigenvalue weighted by Gasteiger charge is -2.09. The molecule has 0 bridgehead atoms. The Morgan fingerprint density at radius 1 is 1.36 bits per heavy atom. The van der Waals surface area contributed by atoms with Crippen molar-refractivity contribution in [1.82, 2.24) is 0 Å². The van der Waals surface area contributed by atoms with Crippen LogP contribution in [0.2, 0.25) is 0 Å². The molecule has 2 nitrogen and oxygen atoms in total. The molecule has 0 spiro atoms. The normalized spacial score (nSPS) is 9.50. The molecule has 0 saturated heterocycles. The van der Waals surface area contributed by atoms with Crippen molar-refractivity contribution in [1.29, 1.82) is 5.26 Å². The van der Waals surface area contributed by atoms with Gasteiger partial charge in [0.1, 0.15) is 0 Å². The molecular weight excluding hydrogens is 172 g/mol. The topological polar surface area (TPSA) is 35.8 Å². The summed E-state index contributed by atoms with van der Waals surface area (Å²) in [6.45, 7) is 5.14. The molecule has 74 valence electrons. The minimum absolute atomic E-state index is 0.745. The zero-order valence-electron chi connectivity index (χ0n) is 8.80. The average Bonchev–Trinajstić information content (AvgIpc) is 2.21. The Hall–Kier alpha value is -1.49. The predicted molar refractivity (Wildman–Crippen MR) is 59.3 cm³/mol. The summed E-state index contributed by atoms with van der Waals surface area (Å²) in [6, 6.07) is 7.99. The molecule has 0 fully saturated rings. The summed E-state index contributed by atoms with van der Waals surface area (Å²) in [5.74, 6) is 0. The van der Waals surface area contributed by atoms with Crippen LogP contribution in [0, 0.1) is 11.3 Å². The van der Waals surface area contributed by atoms with Crippen LogP contribution in [0.25, 0.3) is 0 Å². The molecule has 1 aromatic carbocycles. The number of nitrogens with zero attached hydrogens (tertiary/aromatic N) is 1. The molecule has 1 rings (SSSR count). The Labute approximate surface area is 85.6 Å². The number of hydrogen-bond donors (Lipinski definition) is 1. The molecule has 0 unspecified atom stereocenters. The number of aryl methyl sites for hydroxylation is 1. The maximum absolute atomic E-state index is 8.78. The van der Waals surface area contributed by atoms with Gasteiger partial charge in [0.25, 0.3) is 0 Å². The van der Waals surface area contributed by atoms with E-state index in [1.165, 1.54) is 5.56 Å². The van der Waals surface area contributed by atoms with Crippen molar-refractivity contribution in [2.45, 2.75) is 26.7 Å². The van der Waals surface area contributed by atoms with E-state index in [2.05, 4.69) is 25.2 Å². The van der Waals surface area contributed by atoms with Crippen molar-refractivity contribution in [3.05, 3.63) is 29.3 Å². The van der Waals surface area contributed by atoms with Gasteiger partial charge in [-0.1, -0.05) is 13.3 Å². The van der Waals surface area contributed by atoms with E-state index in [4.69, 9.17) is 5.26 Å². The SMILES string of the molecule is CCCc1cc(C#N)ccc1NCC. The lowest BCUT2D eigenvalue weighted by Crippen LogP contribution is -2.01. The van der Waals surface area contributed by atoms with Gasteiger partial charge in [0, 0.05) is 12.2 Å². The van der Waals surface area contributed by atoms with Gasteiger partial charge < -0.3 is 5.32 Å². The fourth-order valence-electron chi connectivity index (χ4n) is 1.50. The van der Waals surface area contributed by atoms with Crippen LogP contribution in [-0.4, -0.2) is 6.54 Å². The summed E-state index contributed by atoms with van der Waals surface area (Å²) in [6.07, 6.45) is 2.13. The van der Waals surface area contributed by atoms with Gasteiger partial charge in [-0.05, 0) is 37.1 Å². The molecule has 0 aliphatic heterocycles. The quantitative estimate of drug-likeness (QED) is 0.788.